The number of benzene rings is 2. The molecule has 7 heteroatoms. The van der Waals surface area contributed by atoms with Gasteiger partial charge in [-0.2, -0.15) is 0 Å². The number of hydrogen-bond donors (Lipinski definition) is 1. The van der Waals surface area contributed by atoms with Crippen molar-refractivity contribution in [3.05, 3.63) is 54.1 Å². The first kappa shape index (κ1) is 19.3. The van der Waals surface area contributed by atoms with Crippen molar-refractivity contribution < 1.29 is 14.3 Å². The van der Waals surface area contributed by atoms with E-state index in [4.69, 9.17) is 0 Å². The highest BCUT2D eigenvalue weighted by Crippen LogP contribution is 2.33. The monoisotopic (exact) mass is 394 g/mol. The maximum Gasteiger partial charge on any atom is 0.256 e. The second-order valence-corrected chi connectivity index (χ2v) is 7.51. The molecule has 1 amide bonds. The Morgan fingerprint density at radius 3 is 2.62 bits per heavy atom. The molecule has 0 atom stereocenters. The average molecular weight is 394 g/mol. The topological polar surface area (TPSA) is 69.6 Å². The number of para-hydroxylation sites is 1. The Labute approximate surface area is 168 Å². The molecule has 1 saturated heterocycles. The number of fused-ring (bicyclic) bond motifs is 1. The van der Waals surface area contributed by atoms with Crippen molar-refractivity contribution in [2.75, 3.05) is 32.1 Å². The van der Waals surface area contributed by atoms with Crippen LogP contribution in [-0.4, -0.2) is 59.2 Å². The van der Waals surface area contributed by atoms with Gasteiger partial charge in [0.05, 0.1) is 17.2 Å². The average Bonchev–Trinajstić information content (AvgIpc) is 2.73. The van der Waals surface area contributed by atoms with E-state index >= 15 is 0 Å². The lowest BCUT2D eigenvalue weighted by atomic mass is 9.99. The molecule has 0 saturated carbocycles. The third-order valence-corrected chi connectivity index (χ3v) is 5.32. The molecule has 2 aromatic carbocycles. The van der Waals surface area contributed by atoms with Crippen LogP contribution in [0.5, 0.6) is 0 Å². The number of amides is 1. The maximum atomic E-state index is 14.6. The number of aliphatic hydroxyl groups is 1. The van der Waals surface area contributed by atoms with E-state index in [2.05, 4.69) is 14.9 Å². The molecule has 4 rings (SSSR count). The third-order valence-electron chi connectivity index (χ3n) is 5.32. The van der Waals surface area contributed by atoms with Crippen molar-refractivity contribution in [3.63, 3.8) is 0 Å². The van der Waals surface area contributed by atoms with E-state index in [0.717, 1.165) is 35.4 Å². The van der Waals surface area contributed by atoms with Gasteiger partial charge in [-0.25, -0.2) is 14.4 Å². The van der Waals surface area contributed by atoms with Gasteiger partial charge in [-0.05, 0) is 36.6 Å². The van der Waals surface area contributed by atoms with E-state index in [1.165, 1.54) is 23.4 Å². The van der Waals surface area contributed by atoms with Gasteiger partial charge in [-0.15, -0.1) is 0 Å². The molecule has 1 aliphatic heterocycles. The van der Waals surface area contributed by atoms with Crippen LogP contribution in [0.1, 0.15) is 23.2 Å². The Morgan fingerprint density at radius 1 is 1.17 bits per heavy atom. The van der Waals surface area contributed by atoms with Gasteiger partial charge in [0.2, 0.25) is 0 Å². The van der Waals surface area contributed by atoms with Gasteiger partial charge in [0.1, 0.15) is 18.0 Å². The van der Waals surface area contributed by atoms with E-state index in [0.29, 0.717) is 18.4 Å². The summed E-state index contributed by atoms with van der Waals surface area (Å²) in [5.74, 6) is -0.106. The van der Waals surface area contributed by atoms with Crippen molar-refractivity contribution in [1.29, 1.82) is 0 Å². The standard InChI is InChI=1S/C22H23FN4O2/c1-26(2)22(29)17-7-6-14(12-19(17)23)16-4-3-5-18-20(16)24-13-25-21(18)27-10-8-15(28)9-11-27/h3-7,12-13,15,28H,8-11H2,1-2H3. The van der Waals surface area contributed by atoms with Crippen molar-refractivity contribution in [1.82, 2.24) is 14.9 Å². The number of rotatable bonds is 3. The first-order valence-electron chi connectivity index (χ1n) is 9.64. The van der Waals surface area contributed by atoms with Crippen LogP contribution in [0.3, 0.4) is 0 Å². The first-order valence-corrected chi connectivity index (χ1v) is 9.64. The van der Waals surface area contributed by atoms with Crippen molar-refractivity contribution >= 4 is 22.6 Å². The van der Waals surface area contributed by atoms with Crippen molar-refractivity contribution in [2.45, 2.75) is 18.9 Å². The quantitative estimate of drug-likeness (QED) is 0.739. The van der Waals surface area contributed by atoms with Gasteiger partial charge in [0, 0.05) is 38.1 Å². The van der Waals surface area contributed by atoms with E-state index in [1.54, 1.807) is 20.2 Å². The number of nitrogens with zero attached hydrogens (tertiary/aromatic N) is 4. The lowest BCUT2D eigenvalue weighted by Gasteiger charge is -2.31. The molecule has 1 aliphatic rings. The number of aromatic nitrogens is 2. The summed E-state index contributed by atoms with van der Waals surface area (Å²) in [6, 6.07) is 10.4. The van der Waals surface area contributed by atoms with Gasteiger partial charge in [0.15, 0.2) is 0 Å². The number of carbonyl (C=O) groups is 1. The zero-order valence-corrected chi connectivity index (χ0v) is 16.5. The fourth-order valence-electron chi connectivity index (χ4n) is 3.73. The predicted octanol–water partition coefficient (Wildman–Crippen LogP) is 3.10. The minimum atomic E-state index is -0.558. The molecule has 3 aromatic rings. The Kier molecular flexibility index (Phi) is 5.15. The highest BCUT2D eigenvalue weighted by atomic mass is 19.1. The number of anilines is 1. The molecule has 150 valence electrons. The van der Waals surface area contributed by atoms with Gasteiger partial charge in [0.25, 0.3) is 5.91 Å². The fraction of sp³-hybridized carbons (Fsp3) is 0.318. The Bertz CT molecular complexity index is 1060. The van der Waals surface area contributed by atoms with E-state index in [1.807, 2.05) is 18.2 Å². The third kappa shape index (κ3) is 3.65. The summed E-state index contributed by atoms with van der Waals surface area (Å²) < 4.78 is 14.6. The molecule has 0 unspecified atom stereocenters. The molecular weight excluding hydrogens is 371 g/mol. The number of aliphatic hydroxyl groups excluding tert-OH is 1. The zero-order valence-electron chi connectivity index (χ0n) is 16.5. The SMILES string of the molecule is CN(C)C(=O)c1ccc(-c2cccc3c(N4CCC(O)CC4)ncnc23)cc1F. The molecule has 1 fully saturated rings. The summed E-state index contributed by atoms with van der Waals surface area (Å²) in [5, 5.41) is 10.7. The van der Waals surface area contributed by atoms with Crippen LogP contribution in [0.2, 0.25) is 0 Å². The summed E-state index contributed by atoms with van der Waals surface area (Å²) in [4.78, 5) is 24.5. The predicted molar refractivity (Wildman–Crippen MR) is 110 cm³/mol. The van der Waals surface area contributed by atoms with Crippen LogP contribution < -0.4 is 4.90 Å². The number of piperidine rings is 1. The van der Waals surface area contributed by atoms with E-state index in [9.17, 15) is 14.3 Å². The molecule has 1 N–H and O–H groups in total. The minimum absolute atomic E-state index is 0.0428. The van der Waals surface area contributed by atoms with Crippen molar-refractivity contribution in [2.24, 2.45) is 0 Å². The summed E-state index contributed by atoms with van der Waals surface area (Å²) in [7, 11) is 3.19. The van der Waals surface area contributed by atoms with Crippen molar-refractivity contribution in [3.8, 4) is 11.1 Å². The molecule has 6 nitrogen and oxygen atoms in total. The van der Waals surface area contributed by atoms with Crippen LogP contribution >= 0.6 is 0 Å². The Balaban J connectivity index is 1.77. The van der Waals surface area contributed by atoms with Gasteiger partial charge in [-0.1, -0.05) is 18.2 Å². The highest BCUT2D eigenvalue weighted by Gasteiger charge is 2.21. The number of hydrogen-bond acceptors (Lipinski definition) is 5. The second kappa shape index (κ2) is 7.75. The molecule has 1 aromatic heterocycles. The molecule has 0 bridgehead atoms. The normalized spacial score (nSPS) is 15.0. The summed E-state index contributed by atoms with van der Waals surface area (Å²) in [6.07, 6.45) is 2.67. The Morgan fingerprint density at radius 2 is 1.93 bits per heavy atom. The van der Waals surface area contributed by atoms with Crippen LogP contribution in [0.15, 0.2) is 42.7 Å². The summed E-state index contributed by atoms with van der Waals surface area (Å²) in [5.41, 5.74) is 2.21. The largest absolute Gasteiger partial charge is 0.393 e. The minimum Gasteiger partial charge on any atom is -0.393 e. The molecular formula is C22H23FN4O2. The maximum absolute atomic E-state index is 14.6. The van der Waals surface area contributed by atoms with Gasteiger partial charge < -0.3 is 14.9 Å². The molecule has 0 radical (unpaired) electrons. The van der Waals surface area contributed by atoms with Crippen LogP contribution in [0.25, 0.3) is 22.0 Å². The van der Waals surface area contributed by atoms with Gasteiger partial charge >= 0.3 is 0 Å². The first-order chi connectivity index (χ1) is 14.0. The van der Waals surface area contributed by atoms with Gasteiger partial charge in [-0.3, -0.25) is 4.79 Å². The molecule has 2 heterocycles. The lowest BCUT2D eigenvalue weighted by molar-refractivity contribution is 0.0823. The van der Waals surface area contributed by atoms with Crippen LogP contribution in [-0.2, 0) is 0 Å². The highest BCUT2D eigenvalue weighted by molar-refractivity contribution is 6.00. The molecule has 0 spiro atoms. The zero-order chi connectivity index (χ0) is 20.5. The van der Waals surface area contributed by atoms with Crippen LogP contribution in [0, 0.1) is 5.82 Å². The fourth-order valence-corrected chi connectivity index (χ4v) is 3.73. The summed E-state index contributed by atoms with van der Waals surface area (Å²) in [6.45, 7) is 1.46. The molecule has 0 aliphatic carbocycles. The Hall–Kier alpha value is -3.06. The van der Waals surface area contributed by atoms with E-state index in [-0.39, 0.29) is 17.6 Å². The van der Waals surface area contributed by atoms with Crippen LogP contribution in [0.4, 0.5) is 10.2 Å². The summed E-state index contributed by atoms with van der Waals surface area (Å²) >= 11 is 0. The van der Waals surface area contributed by atoms with E-state index < -0.39 is 5.82 Å². The smallest absolute Gasteiger partial charge is 0.256 e. The lowest BCUT2D eigenvalue weighted by Crippen LogP contribution is -2.36. The number of halogens is 1. The molecule has 29 heavy (non-hydrogen) atoms. The second-order valence-electron chi connectivity index (χ2n) is 7.51. The number of carbonyl (C=O) groups excluding carboxylic acids is 1.